The monoisotopic (exact) mass is 336 g/mol. The van der Waals surface area contributed by atoms with E-state index in [1.807, 2.05) is 24.3 Å². The normalized spacial score (nSPS) is 33.6. The van der Waals surface area contributed by atoms with Gasteiger partial charge in [0.05, 0.1) is 12.1 Å². The highest BCUT2D eigenvalue weighted by Crippen LogP contribution is 2.58. The maximum Gasteiger partial charge on any atom is 0.108 e. The molecule has 26 heavy (non-hydrogen) atoms. The third-order valence-corrected chi connectivity index (χ3v) is 6.92. The van der Waals surface area contributed by atoms with Crippen molar-refractivity contribution < 1.29 is 0 Å². The molecule has 0 saturated heterocycles. The summed E-state index contributed by atoms with van der Waals surface area (Å²) in [4.78, 5) is 0. The van der Waals surface area contributed by atoms with E-state index in [2.05, 4.69) is 48.6 Å². The molecule has 4 aliphatic rings. The van der Waals surface area contributed by atoms with Crippen molar-refractivity contribution in [2.24, 2.45) is 11.8 Å². The molecule has 0 fully saturated rings. The van der Waals surface area contributed by atoms with E-state index in [1.54, 1.807) is 0 Å². The molecule has 0 N–H and O–H groups in total. The number of hydrogen-bond donors (Lipinski definition) is 0. The highest BCUT2D eigenvalue weighted by atomic mass is 14.6. The van der Waals surface area contributed by atoms with Crippen LogP contribution in [0.15, 0.2) is 60.7 Å². The van der Waals surface area contributed by atoms with Crippen LogP contribution in [0.3, 0.4) is 0 Å². The Kier molecular flexibility index (Phi) is 3.16. The van der Waals surface area contributed by atoms with Crippen LogP contribution >= 0.6 is 0 Å². The van der Waals surface area contributed by atoms with Gasteiger partial charge in [-0.05, 0) is 59.8 Å². The van der Waals surface area contributed by atoms with Gasteiger partial charge in [0.2, 0.25) is 0 Å². The third kappa shape index (κ3) is 1.75. The van der Waals surface area contributed by atoms with Crippen LogP contribution in [-0.2, 0) is 10.8 Å². The molecule has 6 rings (SSSR count). The van der Waals surface area contributed by atoms with Gasteiger partial charge >= 0.3 is 0 Å². The number of nitrogens with zero attached hydrogens (tertiary/aromatic N) is 2. The molecule has 0 spiro atoms. The lowest BCUT2D eigenvalue weighted by Gasteiger charge is -2.50. The fourth-order valence-corrected chi connectivity index (χ4v) is 5.73. The molecule has 2 aromatic carbocycles. The Balaban J connectivity index is 1.92. The van der Waals surface area contributed by atoms with Gasteiger partial charge in [-0.15, -0.1) is 0 Å². The fraction of sp³-hybridized carbons (Fsp3) is 0.333. The summed E-state index contributed by atoms with van der Waals surface area (Å²) in [5.74, 6) is 0.906. The van der Waals surface area contributed by atoms with Gasteiger partial charge in [-0.25, -0.2) is 0 Å². The van der Waals surface area contributed by atoms with Gasteiger partial charge in [0.15, 0.2) is 0 Å². The largest absolute Gasteiger partial charge is 0.197 e. The molecule has 2 atom stereocenters. The molecule has 0 unspecified atom stereocenters. The highest BCUT2D eigenvalue weighted by Gasteiger charge is 2.55. The SMILES string of the molecule is N#CC12C[C@H]3CC=CC[C@H]3CC(C#N)(c3ccccc31)c1ccccc12. The topological polar surface area (TPSA) is 47.6 Å². The molecule has 0 aromatic heterocycles. The molecule has 0 saturated carbocycles. The van der Waals surface area contributed by atoms with Crippen molar-refractivity contribution in [3.05, 3.63) is 82.9 Å². The second-order valence-corrected chi connectivity index (χ2v) is 8.00. The average Bonchev–Trinajstić information content (AvgIpc) is 2.69. The molecule has 0 amide bonds. The van der Waals surface area contributed by atoms with E-state index in [0.717, 1.165) is 47.9 Å². The predicted octanol–water partition coefficient (Wildman–Crippen LogP) is 5.00. The Hall–Kier alpha value is -2.84. The summed E-state index contributed by atoms with van der Waals surface area (Å²) in [7, 11) is 0. The van der Waals surface area contributed by atoms with E-state index in [0.29, 0.717) is 11.8 Å². The minimum absolute atomic E-state index is 0.453. The molecule has 0 radical (unpaired) electrons. The summed E-state index contributed by atoms with van der Waals surface area (Å²) in [5.41, 5.74) is 2.91. The van der Waals surface area contributed by atoms with Gasteiger partial charge in [0.25, 0.3) is 0 Å². The maximum absolute atomic E-state index is 10.5. The number of allylic oxidation sites excluding steroid dienone is 2. The van der Waals surface area contributed by atoms with Crippen LogP contribution in [0, 0.1) is 34.5 Å². The van der Waals surface area contributed by atoms with Crippen LogP contribution < -0.4 is 0 Å². The zero-order valence-electron chi connectivity index (χ0n) is 14.7. The molecular weight excluding hydrogens is 316 g/mol. The number of rotatable bonds is 0. The van der Waals surface area contributed by atoms with Gasteiger partial charge in [0.1, 0.15) is 10.8 Å². The molecule has 0 heterocycles. The van der Waals surface area contributed by atoms with Crippen LogP contribution in [0.25, 0.3) is 0 Å². The molecule has 2 aromatic rings. The smallest absolute Gasteiger partial charge is 0.108 e. The van der Waals surface area contributed by atoms with Gasteiger partial charge < -0.3 is 0 Å². The van der Waals surface area contributed by atoms with Crippen molar-refractivity contribution in [1.82, 2.24) is 0 Å². The number of benzene rings is 2. The van der Waals surface area contributed by atoms with E-state index in [9.17, 15) is 10.5 Å². The second-order valence-electron chi connectivity index (χ2n) is 8.00. The molecule has 2 heteroatoms. The van der Waals surface area contributed by atoms with E-state index < -0.39 is 10.8 Å². The maximum atomic E-state index is 10.5. The molecular formula is C24H20N2. The van der Waals surface area contributed by atoms with E-state index in [4.69, 9.17) is 0 Å². The summed E-state index contributed by atoms with van der Waals surface area (Å²) < 4.78 is 0. The summed E-state index contributed by atoms with van der Waals surface area (Å²) in [6, 6.07) is 21.8. The minimum Gasteiger partial charge on any atom is -0.197 e. The summed E-state index contributed by atoms with van der Waals surface area (Å²) in [6.45, 7) is 0. The zero-order chi connectivity index (χ0) is 17.8. The van der Waals surface area contributed by atoms with E-state index in [1.165, 1.54) is 0 Å². The molecule has 4 aliphatic carbocycles. The van der Waals surface area contributed by atoms with E-state index >= 15 is 0 Å². The minimum atomic E-state index is -0.651. The number of hydrogen-bond acceptors (Lipinski definition) is 2. The van der Waals surface area contributed by atoms with Crippen LogP contribution in [0.1, 0.15) is 47.9 Å². The van der Waals surface area contributed by atoms with Crippen molar-refractivity contribution in [1.29, 1.82) is 10.5 Å². The van der Waals surface area contributed by atoms with Gasteiger partial charge in [0, 0.05) is 0 Å². The lowest BCUT2D eigenvalue weighted by molar-refractivity contribution is 0.216. The standard InChI is InChI=1S/C24H20N2/c25-15-23-13-17-7-1-2-8-18(17)14-24(16-26,21-11-5-3-9-19(21)23)22-12-6-4-10-20(22)23/h1-6,9-12,17-18H,7-8,13-14H2/t17-,18+,23?,24?. The predicted molar refractivity (Wildman–Crippen MR) is 100 cm³/mol. The molecule has 2 nitrogen and oxygen atoms in total. The first-order valence-electron chi connectivity index (χ1n) is 9.43. The van der Waals surface area contributed by atoms with Crippen molar-refractivity contribution >= 4 is 0 Å². The second kappa shape index (κ2) is 5.33. The van der Waals surface area contributed by atoms with Crippen LogP contribution in [0.2, 0.25) is 0 Å². The van der Waals surface area contributed by atoms with Crippen LogP contribution in [0.5, 0.6) is 0 Å². The third-order valence-electron chi connectivity index (χ3n) is 6.92. The summed E-state index contributed by atoms with van der Waals surface area (Å²) >= 11 is 0. The van der Waals surface area contributed by atoms with Gasteiger partial charge in [-0.2, -0.15) is 10.5 Å². The summed E-state index contributed by atoms with van der Waals surface area (Å²) in [6.07, 6.45) is 8.23. The lowest BCUT2D eigenvalue weighted by atomic mass is 9.50. The van der Waals surface area contributed by atoms with E-state index in [-0.39, 0.29) is 0 Å². The molecule has 0 aliphatic heterocycles. The Morgan fingerprint density at radius 2 is 1.00 bits per heavy atom. The van der Waals surface area contributed by atoms with Crippen molar-refractivity contribution in [2.45, 2.75) is 36.5 Å². The first kappa shape index (κ1) is 15.4. The fourth-order valence-electron chi connectivity index (χ4n) is 5.73. The van der Waals surface area contributed by atoms with Gasteiger partial charge in [-0.3, -0.25) is 0 Å². The summed E-state index contributed by atoms with van der Waals surface area (Å²) in [5, 5.41) is 20.9. The molecule has 2 bridgehead atoms. The highest BCUT2D eigenvalue weighted by molar-refractivity contribution is 5.66. The van der Waals surface area contributed by atoms with Crippen LogP contribution in [-0.4, -0.2) is 0 Å². The van der Waals surface area contributed by atoms with Crippen molar-refractivity contribution in [3.63, 3.8) is 0 Å². The first-order valence-corrected chi connectivity index (χ1v) is 9.43. The van der Waals surface area contributed by atoms with Crippen molar-refractivity contribution in [3.8, 4) is 12.1 Å². The molecule has 126 valence electrons. The quantitative estimate of drug-likeness (QED) is 0.636. The average molecular weight is 336 g/mol. The van der Waals surface area contributed by atoms with Crippen LogP contribution in [0.4, 0.5) is 0 Å². The Morgan fingerprint density at radius 1 is 0.654 bits per heavy atom. The Morgan fingerprint density at radius 3 is 1.31 bits per heavy atom. The zero-order valence-corrected chi connectivity index (χ0v) is 14.7. The Bertz CT molecular complexity index is 874. The Labute approximate surface area is 154 Å². The van der Waals surface area contributed by atoms with Gasteiger partial charge in [-0.1, -0.05) is 60.7 Å². The van der Waals surface area contributed by atoms with Crippen molar-refractivity contribution in [2.75, 3.05) is 0 Å². The lowest BCUT2D eigenvalue weighted by Crippen LogP contribution is -2.47. The first-order chi connectivity index (χ1) is 12.7. The number of nitriles is 2.